The Morgan fingerprint density at radius 2 is 0.610 bits per heavy atom. The van der Waals surface area contributed by atoms with E-state index in [1.54, 1.807) is 15.7 Å². The molecule has 2 aliphatic rings. The minimum Gasteiger partial charge on any atom is -0.378 e. The average molecular weight is 2180 g/mol. The van der Waals surface area contributed by atoms with Crippen LogP contribution in [0, 0.1) is 3.57 Å². The zero-order valence-electron chi connectivity index (χ0n) is 76.4. The fourth-order valence-corrected chi connectivity index (χ4v) is 23.2. The standard InChI is InChI=1S/C39H33N5O3S.C22H19BN2O2.2C18H15P.C17H16IN3O3S.2ClH.Pd/c1-5-13-31(14-6-1)39(32-15-7-2-8-16-32,33-17-9-3-10-18-33)44-28-30(26-41-44)37-29-43(46-47-48-35-19-11-4-12-20-35)38-36(37)25-34(27-40-38)42-21-23-45-24-22-42;26-23(27)21-16-24-25(17-21)22(18-10-4-1-5-11-18,19-12-6-2-7-13-19)20-14-8-3-9-15-20;2*1-4-10-16(11-5-1)19(17-12-6-2-7-13-17)18-14-8-3-9-15-18;18-16-12-21(23-24-25-14-4-2-1-3-5-14)17-15(16)10-13(11-19-17)20-6-8-22-9-7-20;;;/h1-20,25-29H,21-24H2;1-17,26-27H;2*1-15H;1-5,10-12H,6-9H2;2*1H;/q;;;;;;;+2/p-2. The molecule has 18 nitrogen and oxygen atoms in total. The van der Waals surface area contributed by atoms with Crippen molar-refractivity contribution in [3.8, 4) is 11.1 Å². The van der Waals surface area contributed by atoms with Crippen LogP contribution in [-0.2, 0) is 45.2 Å². The van der Waals surface area contributed by atoms with Crippen LogP contribution < -0.4 is 57.1 Å². The van der Waals surface area contributed by atoms with Crippen LogP contribution in [0.3, 0.4) is 0 Å². The van der Waals surface area contributed by atoms with Gasteiger partial charge in [-0.1, -0.05) is 409 Å². The Bertz CT molecular complexity index is 6650. The van der Waals surface area contributed by atoms with Crippen molar-refractivity contribution in [3.63, 3.8) is 0 Å². The molecule has 2 aliphatic heterocycles. The van der Waals surface area contributed by atoms with Crippen LogP contribution in [0.15, 0.2) is 496 Å². The number of halogens is 3. The van der Waals surface area contributed by atoms with Gasteiger partial charge in [-0.2, -0.15) is 10.2 Å². The summed E-state index contributed by atoms with van der Waals surface area (Å²) in [5.74, 6) is 0. The Balaban J connectivity index is 0.000000127. The molecular formula is C114H98BCl2IN10O8P2PdS2. The maximum Gasteiger partial charge on any atom is 0.179 e. The summed E-state index contributed by atoms with van der Waals surface area (Å²) in [6, 6.07) is 151. The van der Waals surface area contributed by atoms with Crippen molar-refractivity contribution < 1.29 is 54.1 Å². The van der Waals surface area contributed by atoms with Gasteiger partial charge in [0.1, 0.15) is 11.1 Å². The number of pyridine rings is 2. The third-order valence-electron chi connectivity index (χ3n) is 23.6. The van der Waals surface area contributed by atoms with Crippen LogP contribution in [-0.4, -0.2) is 109 Å². The molecule has 0 radical (unpaired) electrons. The van der Waals surface area contributed by atoms with Crippen molar-refractivity contribution >= 4 is 159 Å². The molecule has 22 rings (SSSR count). The second-order valence-corrected chi connectivity index (χ2v) is 41.7. The molecule has 2 fully saturated rings. The Kier molecular flexibility index (Phi) is 36.3. The molecule has 708 valence electrons. The molecule has 0 bridgehead atoms. The second kappa shape index (κ2) is 51.2. The molecule has 8 heterocycles. The zero-order chi connectivity index (χ0) is 96.5. The van der Waals surface area contributed by atoms with Gasteiger partial charge in [-0.05, 0) is 140 Å². The van der Waals surface area contributed by atoms with Crippen LogP contribution in [0.5, 0.6) is 0 Å². The summed E-state index contributed by atoms with van der Waals surface area (Å²) in [5.41, 5.74) is 10.6. The van der Waals surface area contributed by atoms with E-state index in [0.717, 1.165) is 149 Å². The van der Waals surface area contributed by atoms with Gasteiger partial charge in [0.15, 0.2) is 11.3 Å². The monoisotopic (exact) mass is 2170 g/mol. The molecule has 0 spiro atoms. The van der Waals surface area contributed by atoms with Gasteiger partial charge in [-0.3, -0.25) is 9.36 Å². The molecule has 6 aromatic heterocycles. The molecule has 14 aromatic carbocycles. The number of benzene rings is 14. The van der Waals surface area contributed by atoms with Gasteiger partial charge in [-0.25, -0.2) is 19.9 Å². The molecule has 0 saturated carbocycles. The second-order valence-electron chi connectivity index (χ2n) is 32.2. The number of nitrogens with zero attached hydrogens (tertiary/aromatic N) is 10. The summed E-state index contributed by atoms with van der Waals surface area (Å²) >= 11 is 4.49. The molecule has 2 saturated heterocycles. The van der Waals surface area contributed by atoms with Crippen LogP contribution in [0.25, 0.3) is 33.2 Å². The molecule has 2 N–H and O–H groups in total. The number of aromatic nitrogens is 8. The topological polar surface area (TPSA) is 174 Å². The third-order valence-corrected chi connectivity index (χ3v) is 30.5. The van der Waals surface area contributed by atoms with E-state index in [1.165, 1.54) is 38.0 Å². The molecule has 0 unspecified atom stereocenters. The Morgan fingerprint density at radius 1 is 0.340 bits per heavy atom. The van der Waals surface area contributed by atoms with Gasteiger partial charge >= 0.3 is 42.1 Å². The maximum atomic E-state index is 9.62. The smallest absolute Gasteiger partial charge is 0.179 e. The molecule has 0 aliphatic carbocycles. The molecule has 0 atom stereocenters. The van der Waals surface area contributed by atoms with Crippen LogP contribution >= 0.6 is 81.6 Å². The van der Waals surface area contributed by atoms with Crippen molar-refractivity contribution in [2.45, 2.75) is 20.9 Å². The van der Waals surface area contributed by atoms with Gasteiger partial charge in [0, 0.05) is 85.5 Å². The van der Waals surface area contributed by atoms with Gasteiger partial charge in [0.2, 0.25) is 0 Å². The Hall–Kier alpha value is -12.6. The van der Waals surface area contributed by atoms with Gasteiger partial charge in [-0.15, -0.1) is 9.46 Å². The first kappa shape index (κ1) is 100.0. The number of morpholine rings is 2. The first-order chi connectivity index (χ1) is 69.7. The van der Waals surface area contributed by atoms with E-state index in [2.05, 4.69) is 357 Å². The Morgan fingerprint density at radius 3 is 0.915 bits per heavy atom. The predicted molar refractivity (Wildman–Crippen MR) is 583 cm³/mol. The van der Waals surface area contributed by atoms with Crippen molar-refractivity contribution in [2.75, 3.05) is 62.4 Å². The predicted octanol–water partition coefficient (Wildman–Crippen LogP) is 21.9. The molecule has 27 heteroatoms. The SMILES string of the molecule is Ic1cn(OOSc2ccccc2)c2ncc(N3CCOCC3)cc12.OB(O)c1cnn(C(c2ccccc2)(c2ccccc2)c2ccccc2)c1.[Cl][Pd][Cl].c1ccc(P(c2ccccc2)c2ccccc2)cc1.c1ccc(P(c2ccccc2)c2ccccc2)cc1.c1ccc(SOOn2cc(-c3cnn(C(c4ccccc4)(c4ccccc4)c4ccccc4)c3)c3cc(N4CCOCC4)cnc32)cc1. The summed E-state index contributed by atoms with van der Waals surface area (Å²) in [5, 5.41) is 39.2. The van der Waals surface area contributed by atoms with E-state index in [0.29, 0.717) is 24.3 Å². The maximum absolute atomic E-state index is 9.62. The van der Waals surface area contributed by atoms with Crippen molar-refractivity contribution in [2.24, 2.45) is 0 Å². The van der Waals surface area contributed by atoms with E-state index in [4.69, 9.17) is 57.3 Å². The number of rotatable bonds is 26. The number of fused-ring (bicyclic) bond motifs is 2. The van der Waals surface area contributed by atoms with Gasteiger partial charge in [0.05, 0.1) is 92.9 Å². The quantitative estimate of drug-likeness (QED) is 0.00996. The summed E-state index contributed by atoms with van der Waals surface area (Å²) in [6.45, 7) is 6.27. The van der Waals surface area contributed by atoms with E-state index in [9.17, 15) is 10.0 Å². The molecule has 0 amide bonds. The molecular weight excluding hydrogens is 2080 g/mol. The Labute approximate surface area is 862 Å². The van der Waals surface area contributed by atoms with Crippen molar-refractivity contribution in [1.82, 2.24) is 39.0 Å². The largest absolute Gasteiger partial charge is 0.378 e. The van der Waals surface area contributed by atoms with E-state index in [-0.39, 0.29) is 15.9 Å². The zero-order valence-corrected chi connectivity index (χ0v) is 85.0. The first-order valence-corrected chi connectivity index (χ1v) is 54.9. The van der Waals surface area contributed by atoms with E-state index >= 15 is 0 Å². The number of hydrogen-bond acceptors (Lipinski definition) is 16. The minimum absolute atomic E-state index is 0.106. The van der Waals surface area contributed by atoms with Crippen LogP contribution in [0.4, 0.5) is 11.4 Å². The average Bonchev–Trinajstić information content (AvgIpc) is 1.67. The molecule has 20 aromatic rings. The third kappa shape index (κ3) is 25.0. The fraction of sp³-hybridized carbons (Fsp3) is 0.0877. The van der Waals surface area contributed by atoms with E-state index in [1.807, 2.05) is 169 Å². The summed E-state index contributed by atoms with van der Waals surface area (Å²) in [6.07, 6.45) is 14.8. The first-order valence-electron chi connectivity index (χ1n) is 45.7. The van der Waals surface area contributed by atoms with Crippen LogP contribution in [0.1, 0.15) is 33.4 Å². The normalized spacial score (nSPS) is 12.4. The summed E-state index contributed by atoms with van der Waals surface area (Å²) in [4.78, 5) is 27.2. The van der Waals surface area contributed by atoms with Crippen LogP contribution in [0.2, 0.25) is 0 Å². The van der Waals surface area contributed by atoms with E-state index < -0.39 is 34.0 Å². The summed E-state index contributed by atoms with van der Waals surface area (Å²) in [7, 11) is 7.17. The fourth-order valence-electron chi connectivity index (χ4n) is 17.1. The van der Waals surface area contributed by atoms with Crippen molar-refractivity contribution in [1.29, 1.82) is 0 Å². The van der Waals surface area contributed by atoms with Gasteiger partial charge in [0.25, 0.3) is 0 Å². The number of anilines is 2. The van der Waals surface area contributed by atoms with Gasteiger partial charge < -0.3 is 29.3 Å². The number of hydrogen-bond donors (Lipinski definition) is 2. The molecule has 141 heavy (non-hydrogen) atoms. The number of ether oxygens (including phenoxy) is 2. The minimum atomic E-state index is -1.57. The van der Waals surface area contributed by atoms with Crippen molar-refractivity contribution in [3.05, 3.63) is 523 Å². The summed E-state index contributed by atoms with van der Waals surface area (Å²) < 4.78 is 30.0.